The van der Waals surface area contributed by atoms with Crippen LogP contribution in [0.15, 0.2) is 55.0 Å². The van der Waals surface area contributed by atoms with Crippen molar-refractivity contribution < 1.29 is 19.1 Å². The molecular weight excluding hydrogens is 498 g/mol. The Morgan fingerprint density at radius 1 is 1.15 bits per heavy atom. The second-order valence-electron chi connectivity index (χ2n) is 8.74. The van der Waals surface area contributed by atoms with Crippen molar-refractivity contribution in [3.8, 4) is 11.8 Å². The second kappa shape index (κ2) is 13.7. The van der Waals surface area contributed by atoms with Crippen molar-refractivity contribution in [1.29, 1.82) is 0 Å². The number of alkyl carbamates (subject to hydrolysis) is 1. The number of nitrogens with one attached hydrogen (secondary N) is 3. The van der Waals surface area contributed by atoms with E-state index < -0.39 is 12.1 Å². The summed E-state index contributed by atoms with van der Waals surface area (Å²) < 4.78 is 10.1. The number of rotatable bonds is 8. The average Bonchev–Trinajstić information content (AvgIpc) is 2.97. The molecule has 0 spiro atoms. The number of hydrogen-bond donors (Lipinski definition) is 3. The summed E-state index contributed by atoms with van der Waals surface area (Å²) >= 11 is 0. The van der Waals surface area contributed by atoms with E-state index >= 15 is 0 Å². The third-order valence-corrected chi connectivity index (χ3v) is 5.91. The summed E-state index contributed by atoms with van der Waals surface area (Å²) in [5.41, 5.74) is 3.14. The lowest BCUT2D eigenvalue weighted by molar-refractivity contribution is -0.117. The van der Waals surface area contributed by atoms with Gasteiger partial charge in [-0.1, -0.05) is 17.9 Å². The van der Waals surface area contributed by atoms with Crippen molar-refractivity contribution in [3.05, 3.63) is 71.7 Å². The molecule has 1 saturated heterocycles. The summed E-state index contributed by atoms with van der Waals surface area (Å²) in [4.78, 5) is 39.2. The van der Waals surface area contributed by atoms with Crippen LogP contribution in [0.2, 0.25) is 0 Å². The molecule has 1 aromatic carbocycles. The number of methoxy groups -OCH3 is 1. The average molecular weight is 530 g/mol. The van der Waals surface area contributed by atoms with Gasteiger partial charge < -0.3 is 30.3 Å². The summed E-state index contributed by atoms with van der Waals surface area (Å²) in [6.07, 6.45) is 5.44. The number of pyridine rings is 1. The lowest BCUT2D eigenvalue weighted by Crippen LogP contribution is -2.41. The zero-order valence-corrected chi connectivity index (χ0v) is 21.9. The van der Waals surface area contributed by atoms with Gasteiger partial charge in [0, 0.05) is 43.3 Å². The molecule has 3 N–H and O–H groups in total. The van der Waals surface area contributed by atoms with Gasteiger partial charge in [-0.25, -0.2) is 9.78 Å². The quantitative estimate of drug-likeness (QED) is 0.377. The molecule has 1 aliphatic heterocycles. The third kappa shape index (κ3) is 8.15. The lowest BCUT2D eigenvalue weighted by Gasteiger charge is -2.28. The minimum atomic E-state index is -0.766. The fraction of sp³-hybridized carbons (Fsp3) is 0.321. The summed E-state index contributed by atoms with van der Waals surface area (Å²) in [5, 5.41) is 8.51. The molecule has 0 aliphatic carbocycles. The van der Waals surface area contributed by atoms with Crippen LogP contribution in [0.4, 0.5) is 22.2 Å². The molecule has 202 valence electrons. The molecule has 3 heterocycles. The number of hydrogen-bond acceptors (Lipinski definition) is 9. The van der Waals surface area contributed by atoms with Crippen molar-refractivity contribution in [2.45, 2.75) is 19.4 Å². The van der Waals surface area contributed by atoms with E-state index in [1.807, 2.05) is 18.2 Å². The molecule has 39 heavy (non-hydrogen) atoms. The smallest absolute Gasteiger partial charge is 0.407 e. The molecule has 1 atom stereocenters. The number of ether oxygens (including phenoxy) is 2. The monoisotopic (exact) mass is 529 g/mol. The Labute approximate surface area is 227 Å². The molecule has 1 fully saturated rings. The number of amides is 2. The largest absolute Gasteiger partial charge is 0.453 e. The van der Waals surface area contributed by atoms with Gasteiger partial charge in [-0.3, -0.25) is 9.78 Å². The maximum Gasteiger partial charge on any atom is 0.407 e. The molecule has 0 saturated carbocycles. The van der Waals surface area contributed by atoms with Crippen LogP contribution in [0.25, 0.3) is 0 Å². The van der Waals surface area contributed by atoms with Crippen LogP contribution in [-0.4, -0.2) is 73.0 Å². The Kier molecular flexibility index (Phi) is 9.63. The van der Waals surface area contributed by atoms with E-state index in [0.717, 1.165) is 12.2 Å². The van der Waals surface area contributed by atoms with Crippen molar-refractivity contribution >= 4 is 29.5 Å². The number of benzene rings is 1. The molecule has 1 unspecified atom stereocenters. The highest BCUT2D eigenvalue weighted by Crippen LogP contribution is 2.20. The van der Waals surface area contributed by atoms with Crippen LogP contribution in [-0.2, 0) is 20.7 Å². The molecule has 2 aromatic heterocycles. The van der Waals surface area contributed by atoms with Gasteiger partial charge in [0.25, 0.3) is 0 Å². The van der Waals surface area contributed by atoms with Crippen LogP contribution < -0.4 is 20.9 Å². The SMILES string of the molecule is COC(=O)NC(C)C(=O)Nc1cccc(C#Cc2cnc(NCCc3ccncc3)nc2N2CCOCC2)c1. The minimum absolute atomic E-state index is 0.375. The number of carbonyl (C=O) groups excluding carboxylic acids is 2. The van der Waals surface area contributed by atoms with Crippen molar-refractivity contribution in [2.75, 3.05) is 55.5 Å². The van der Waals surface area contributed by atoms with Crippen molar-refractivity contribution in [3.63, 3.8) is 0 Å². The van der Waals surface area contributed by atoms with Gasteiger partial charge in [-0.05, 0) is 49.2 Å². The van der Waals surface area contributed by atoms with Gasteiger partial charge in [0.1, 0.15) is 11.9 Å². The summed E-state index contributed by atoms with van der Waals surface area (Å²) in [6.45, 7) is 4.91. The van der Waals surface area contributed by atoms with E-state index in [0.29, 0.717) is 55.6 Å². The highest BCUT2D eigenvalue weighted by Gasteiger charge is 2.18. The summed E-state index contributed by atoms with van der Waals surface area (Å²) in [6, 6.07) is 10.4. The molecule has 0 radical (unpaired) electrons. The first-order valence-corrected chi connectivity index (χ1v) is 12.6. The van der Waals surface area contributed by atoms with Gasteiger partial charge in [-0.2, -0.15) is 4.98 Å². The zero-order chi connectivity index (χ0) is 27.5. The third-order valence-electron chi connectivity index (χ3n) is 5.91. The molecule has 2 amide bonds. The van der Waals surface area contributed by atoms with E-state index in [9.17, 15) is 9.59 Å². The maximum atomic E-state index is 12.4. The molecule has 1 aliphatic rings. The summed E-state index contributed by atoms with van der Waals surface area (Å²) in [7, 11) is 1.24. The molecule has 3 aromatic rings. The Bertz CT molecular complexity index is 1330. The van der Waals surface area contributed by atoms with E-state index in [1.54, 1.807) is 43.7 Å². The van der Waals surface area contributed by atoms with Crippen LogP contribution in [0.1, 0.15) is 23.6 Å². The van der Waals surface area contributed by atoms with Gasteiger partial charge in [0.15, 0.2) is 0 Å². The number of aromatic nitrogens is 3. The standard InChI is InChI=1S/C28H31N7O4/c1-20(32-28(37)38-2)26(36)33-24-5-3-4-22(18-24)6-7-23-19-31-27(30-13-10-21-8-11-29-12-9-21)34-25(23)35-14-16-39-17-15-35/h3-5,8-9,11-12,18-20H,10,13-17H2,1-2H3,(H,32,37)(H,33,36)(H,30,31,34). The van der Waals surface area contributed by atoms with Gasteiger partial charge in [0.2, 0.25) is 11.9 Å². The molecule has 11 heteroatoms. The normalized spacial score (nSPS) is 13.4. The molecule has 4 rings (SSSR count). The fourth-order valence-corrected chi connectivity index (χ4v) is 3.80. The Morgan fingerprint density at radius 3 is 2.72 bits per heavy atom. The van der Waals surface area contributed by atoms with Crippen LogP contribution in [0.3, 0.4) is 0 Å². The fourth-order valence-electron chi connectivity index (χ4n) is 3.80. The van der Waals surface area contributed by atoms with E-state index in [4.69, 9.17) is 9.72 Å². The Hall–Kier alpha value is -4.69. The van der Waals surface area contributed by atoms with E-state index in [2.05, 4.69) is 47.4 Å². The zero-order valence-electron chi connectivity index (χ0n) is 21.9. The van der Waals surface area contributed by atoms with Crippen LogP contribution in [0.5, 0.6) is 0 Å². The van der Waals surface area contributed by atoms with Crippen molar-refractivity contribution in [1.82, 2.24) is 20.3 Å². The topological polar surface area (TPSA) is 131 Å². The van der Waals surface area contributed by atoms with Crippen molar-refractivity contribution in [2.24, 2.45) is 0 Å². The van der Waals surface area contributed by atoms with Crippen LogP contribution in [0, 0.1) is 11.8 Å². The number of carbonyl (C=O) groups is 2. The van der Waals surface area contributed by atoms with E-state index in [1.165, 1.54) is 12.7 Å². The maximum absolute atomic E-state index is 12.4. The predicted molar refractivity (Wildman–Crippen MR) is 148 cm³/mol. The first-order chi connectivity index (χ1) is 19.0. The predicted octanol–water partition coefficient (Wildman–Crippen LogP) is 2.45. The van der Waals surface area contributed by atoms with Gasteiger partial charge in [0.05, 0.1) is 32.1 Å². The highest BCUT2D eigenvalue weighted by molar-refractivity contribution is 5.96. The number of morpholine rings is 1. The Morgan fingerprint density at radius 2 is 1.95 bits per heavy atom. The first kappa shape index (κ1) is 27.3. The van der Waals surface area contributed by atoms with Crippen LogP contribution >= 0.6 is 0 Å². The minimum Gasteiger partial charge on any atom is -0.453 e. The lowest BCUT2D eigenvalue weighted by atomic mass is 10.1. The second-order valence-corrected chi connectivity index (χ2v) is 8.74. The molecule has 11 nitrogen and oxygen atoms in total. The van der Waals surface area contributed by atoms with E-state index in [-0.39, 0.29) is 5.91 Å². The molecular formula is C28H31N7O4. The number of anilines is 3. The molecule has 0 bridgehead atoms. The first-order valence-electron chi connectivity index (χ1n) is 12.6. The van der Waals surface area contributed by atoms with Gasteiger partial charge >= 0.3 is 6.09 Å². The highest BCUT2D eigenvalue weighted by atomic mass is 16.5. The Balaban J connectivity index is 1.48. The summed E-state index contributed by atoms with van der Waals surface area (Å²) in [5.74, 6) is 7.26. The number of nitrogens with zero attached hydrogens (tertiary/aromatic N) is 4. The van der Waals surface area contributed by atoms with Gasteiger partial charge in [-0.15, -0.1) is 0 Å².